The van der Waals surface area contributed by atoms with Gasteiger partial charge in [0.25, 0.3) is 5.56 Å². The molecule has 1 N–H and O–H groups in total. The zero-order chi connectivity index (χ0) is 22.5. The minimum absolute atomic E-state index is 0.0339. The molecule has 0 saturated heterocycles. The highest BCUT2D eigenvalue weighted by Crippen LogP contribution is 2.25. The van der Waals surface area contributed by atoms with Crippen LogP contribution in [0.1, 0.15) is 11.1 Å². The quantitative estimate of drug-likeness (QED) is 0.420. The van der Waals surface area contributed by atoms with Crippen LogP contribution in [-0.2, 0) is 13.0 Å². The van der Waals surface area contributed by atoms with E-state index in [4.69, 9.17) is 4.74 Å². The molecule has 5 heteroatoms. The summed E-state index contributed by atoms with van der Waals surface area (Å²) in [7, 11) is 0. The molecule has 1 heterocycles. The molecule has 0 aliphatic carbocycles. The first kappa shape index (κ1) is 21.5. The van der Waals surface area contributed by atoms with Crippen LogP contribution in [0.15, 0.2) is 90.2 Å². The largest absolute Gasteiger partial charge is 0.491 e. The SMILES string of the molecule is C=CCc1ccccc1OCC(O)Cn1nc(-c2ccc(C)cc2)c2ccccc2c1=O. The van der Waals surface area contributed by atoms with Crippen LogP contribution >= 0.6 is 0 Å². The number of hydrogen-bond donors (Lipinski definition) is 1. The maximum Gasteiger partial charge on any atom is 0.274 e. The highest BCUT2D eigenvalue weighted by Gasteiger charge is 2.15. The zero-order valence-electron chi connectivity index (χ0n) is 18.1. The summed E-state index contributed by atoms with van der Waals surface area (Å²) in [5.41, 5.74) is 3.55. The maximum atomic E-state index is 13.1. The second-order valence-corrected chi connectivity index (χ2v) is 7.81. The fourth-order valence-corrected chi connectivity index (χ4v) is 3.69. The van der Waals surface area contributed by atoms with E-state index < -0.39 is 6.10 Å². The third-order valence-electron chi connectivity index (χ3n) is 5.34. The number of rotatable bonds is 8. The van der Waals surface area contributed by atoms with Crippen molar-refractivity contribution in [2.45, 2.75) is 26.0 Å². The molecule has 0 saturated carbocycles. The first-order valence-corrected chi connectivity index (χ1v) is 10.6. The lowest BCUT2D eigenvalue weighted by molar-refractivity contribution is 0.0878. The third-order valence-corrected chi connectivity index (χ3v) is 5.34. The summed E-state index contributed by atoms with van der Waals surface area (Å²) in [6, 6.07) is 23.1. The Hall–Kier alpha value is -3.70. The van der Waals surface area contributed by atoms with Gasteiger partial charge in [0.05, 0.1) is 17.6 Å². The van der Waals surface area contributed by atoms with Crippen molar-refractivity contribution in [1.29, 1.82) is 0 Å². The van der Waals surface area contributed by atoms with Crippen LogP contribution in [0.4, 0.5) is 0 Å². The number of fused-ring (bicyclic) bond motifs is 1. The summed E-state index contributed by atoms with van der Waals surface area (Å²) in [5, 5.41) is 16.6. The normalized spacial score (nSPS) is 11.9. The van der Waals surface area contributed by atoms with Gasteiger partial charge in [-0.05, 0) is 31.0 Å². The van der Waals surface area contributed by atoms with Crippen LogP contribution in [-0.4, -0.2) is 27.6 Å². The van der Waals surface area contributed by atoms with E-state index in [2.05, 4.69) is 11.7 Å². The summed E-state index contributed by atoms with van der Waals surface area (Å²) >= 11 is 0. The standard InChI is InChI=1S/C27H26N2O3/c1-3-8-20-9-4-7-12-25(20)32-18-22(30)17-29-27(31)24-11-6-5-10-23(24)26(28-29)21-15-13-19(2)14-16-21/h3-7,9-16,22,30H,1,8,17-18H2,2H3. The van der Waals surface area contributed by atoms with Crippen LogP contribution < -0.4 is 10.3 Å². The number of aliphatic hydroxyl groups is 1. The number of benzene rings is 3. The van der Waals surface area contributed by atoms with Gasteiger partial charge in [0, 0.05) is 10.9 Å². The van der Waals surface area contributed by atoms with Crippen molar-refractivity contribution < 1.29 is 9.84 Å². The van der Waals surface area contributed by atoms with E-state index in [0.29, 0.717) is 23.3 Å². The van der Waals surface area contributed by atoms with Crippen molar-refractivity contribution in [3.8, 4) is 17.0 Å². The lowest BCUT2D eigenvalue weighted by Gasteiger charge is -2.16. The number of ether oxygens (including phenoxy) is 1. The molecule has 5 nitrogen and oxygen atoms in total. The number of aromatic nitrogens is 2. The number of aliphatic hydroxyl groups excluding tert-OH is 1. The molecule has 4 rings (SSSR count). The minimum Gasteiger partial charge on any atom is -0.491 e. The Morgan fingerprint density at radius 3 is 2.47 bits per heavy atom. The number of aryl methyl sites for hydroxylation is 1. The van der Waals surface area contributed by atoms with E-state index in [1.165, 1.54) is 4.68 Å². The van der Waals surface area contributed by atoms with Gasteiger partial charge in [0.2, 0.25) is 0 Å². The van der Waals surface area contributed by atoms with Crippen molar-refractivity contribution in [1.82, 2.24) is 9.78 Å². The van der Waals surface area contributed by atoms with Gasteiger partial charge in [0.1, 0.15) is 18.5 Å². The molecule has 0 bridgehead atoms. The highest BCUT2D eigenvalue weighted by molar-refractivity contribution is 5.93. The van der Waals surface area contributed by atoms with E-state index in [9.17, 15) is 9.90 Å². The van der Waals surface area contributed by atoms with Crippen LogP contribution in [0, 0.1) is 6.92 Å². The highest BCUT2D eigenvalue weighted by atomic mass is 16.5. The van der Waals surface area contributed by atoms with Gasteiger partial charge in [-0.1, -0.05) is 72.3 Å². The Bertz CT molecular complexity index is 1290. The lowest BCUT2D eigenvalue weighted by Crippen LogP contribution is -2.32. The predicted molar refractivity (Wildman–Crippen MR) is 128 cm³/mol. The molecule has 162 valence electrons. The van der Waals surface area contributed by atoms with Gasteiger partial charge in [0.15, 0.2) is 0 Å². The molecule has 32 heavy (non-hydrogen) atoms. The van der Waals surface area contributed by atoms with E-state index in [1.54, 1.807) is 6.07 Å². The molecule has 0 aliphatic heterocycles. The topological polar surface area (TPSA) is 64.3 Å². The summed E-state index contributed by atoms with van der Waals surface area (Å²) in [6.45, 7) is 5.88. The molecule has 1 aromatic heterocycles. The molecule has 4 aromatic rings. The van der Waals surface area contributed by atoms with Crippen LogP contribution in [0.5, 0.6) is 5.75 Å². The lowest BCUT2D eigenvalue weighted by atomic mass is 10.0. The third kappa shape index (κ3) is 4.63. The Morgan fingerprint density at radius 1 is 1.03 bits per heavy atom. The molecule has 1 atom stereocenters. The molecular formula is C27H26N2O3. The van der Waals surface area contributed by atoms with E-state index in [0.717, 1.165) is 22.1 Å². The van der Waals surface area contributed by atoms with Gasteiger partial charge in [-0.2, -0.15) is 5.10 Å². The van der Waals surface area contributed by atoms with E-state index in [1.807, 2.05) is 79.7 Å². The van der Waals surface area contributed by atoms with Crippen molar-refractivity contribution in [3.63, 3.8) is 0 Å². The molecule has 0 spiro atoms. The fourth-order valence-electron chi connectivity index (χ4n) is 3.69. The summed E-state index contributed by atoms with van der Waals surface area (Å²) in [4.78, 5) is 13.1. The number of allylic oxidation sites excluding steroid dienone is 1. The minimum atomic E-state index is -0.899. The van der Waals surface area contributed by atoms with E-state index in [-0.39, 0.29) is 18.7 Å². The first-order valence-electron chi connectivity index (χ1n) is 10.6. The van der Waals surface area contributed by atoms with Gasteiger partial charge >= 0.3 is 0 Å². The Kier molecular flexibility index (Phi) is 6.47. The summed E-state index contributed by atoms with van der Waals surface area (Å²) in [6.07, 6.45) is 1.59. The van der Waals surface area contributed by atoms with Crippen molar-refractivity contribution in [2.24, 2.45) is 0 Å². The molecule has 0 amide bonds. The van der Waals surface area contributed by atoms with Crippen LogP contribution in [0.3, 0.4) is 0 Å². The number of nitrogens with zero attached hydrogens (tertiary/aromatic N) is 2. The summed E-state index contributed by atoms with van der Waals surface area (Å²) in [5.74, 6) is 0.700. The van der Waals surface area contributed by atoms with Crippen molar-refractivity contribution in [3.05, 3.63) is 107 Å². The average Bonchev–Trinajstić information content (AvgIpc) is 2.81. The van der Waals surface area contributed by atoms with Gasteiger partial charge in [-0.25, -0.2) is 4.68 Å². The molecule has 0 radical (unpaired) electrons. The zero-order valence-corrected chi connectivity index (χ0v) is 18.1. The number of hydrogen-bond acceptors (Lipinski definition) is 4. The van der Waals surface area contributed by atoms with Gasteiger partial charge in [-0.15, -0.1) is 6.58 Å². The first-order chi connectivity index (χ1) is 15.6. The van der Waals surface area contributed by atoms with E-state index >= 15 is 0 Å². The Labute approximate surface area is 187 Å². The molecule has 0 fully saturated rings. The maximum absolute atomic E-state index is 13.1. The molecule has 3 aromatic carbocycles. The van der Waals surface area contributed by atoms with Crippen molar-refractivity contribution in [2.75, 3.05) is 6.61 Å². The Morgan fingerprint density at radius 2 is 1.72 bits per heavy atom. The van der Waals surface area contributed by atoms with Gasteiger partial charge in [-0.3, -0.25) is 4.79 Å². The van der Waals surface area contributed by atoms with Crippen molar-refractivity contribution >= 4 is 10.8 Å². The second-order valence-electron chi connectivity index (χ2n) is 7.81. The predicted octanol–water partition coefficient (Wildman–Crippen LogP) is 4.54. The van der Waals surface area contributed by atoms with Gasteiger partial charge < -0.3 is 9.84 Å². The smallest absolute Gasteiger partial charge is 0.274 e. The molecular weight excluding hydrogens is 400 g/mol. The van der Waals surface area contributed by atoms with Crippen LogP contribution in [0.25, 0.3) is 22.0 Å². The monoisotopic (exact) mass is 426 g/mol. The molecule has 0 aliphatic rings. The fraction of sp³-hybridized carbons (Fsp3) is 0.185. The molecule has 1 unspecified atom stereocenters. The second kappa shape index (κ2) is 9.62. The number of para-hydroxylation sites is 1. The summed E-state index contributed by atoms with van der Waals surface area (Å²) < 4.78 is 7.17. The average molecular weight is 427 g/mol. The Balaban J connectivity index is 1.62. The van der Waals surface area contributed by atoms with Crippen LogP contribution in [0.2, 0.25) is 0 Å².